The minimum absolute atomic E-state index is 0.0765. The summed E-state index contributed by atoms with van der Waals surface area (Å²) in [7, 11) is 0. The first-order chi connectivity index (χ1) is 12.0. The third-order valence-electron chi connectivity index (χ3n) is 4.03. The van der Waals surface area contributed by atoms with Crippen molar-refractivity contribution in [3.05, 3.63) is 65.7 Å². The number of carbonyl (C=O) groups is 3. The molecule has 25 heavy (non-hydrogen) atoms. The second-order valence-corrected chi connectivity index (χ2v) is 6.79. The number of amides is 1. The maximum Gasteiger partial charge on any atom is 0.340 e. The van der Waals surface area contributed by atoms with Crippen molar-refractivity contribution in [2.75, 3.05) is 11.5 Å². The van der Waals surface area contributed by atoms with Crippen LogP contribution in [-0.4, -0.2) is 28.6 Å². The number of nitrogens with zero attached hydrogens (tertiary/aromatic N) is 1. The van der Waals surface area contributed by atoms with Crippen molar-refractivity contribution in [1.29, 1.82) is 0 Å². The highest BCUT2D eigenvalue weighted by Gasteiger charge is 2.58. The van der Waals surface area contributed by atoms with Gasteiger partial charge in [-0.2, -0.15) is 0 Å². The van der Waals surface area contributed by atoms with Gasteiger partial charge in [-0.15, -0.1) is 0 Å². The molecule has 0 aromatic heterocycles. The van der Waals surface area contributed by atoms with E-state index in [-0.39, 0.29) is 13.2 Å². The molecule has 2 aromatic rings. The van der Waals surface area contributed by atoms with Crippen LogP contribution in [0.25, 0.3) is 0 Å². The van der Waals surface area contributed by atoms with Gasteiger partial charge >= 0.3 is 5.97 Å². The number of alkyl halides is 1. The Labute approximate surface area is 153 Å². The molecule has 128 valence electrons. The van der Waals surface area contributed by atoms with Crippen molar-refractivity contribution in [2.45, 2.75) is 17.8 Å². The van der Waals surface area contributed by atoms with Gasteiger partial charge < -0.3 is 9.64 Å². The Morgan fingerprint density at radius 3 is 2.40 bits per heavy atom. The molecule has 1 aliphatic heterocycles. The van der Waals surface area contributed by atoms with Gasteiger partial charge in [0.1, 0.15) is 0 Å². The lowest BCUT2D eigenvalue weighted by atomic mass is 9.89. The number of anilines is 1. The number of rotatable bonds is 4. The summed E-state index contributed by atoms with van der Waals surface area (Å²) in [4.78, 5) is 39.8. The molecule has 2 aromatic carbocycles. The van der Waals surface area contributed by atoms with Gasteiger partial charge in [-0.3, -0.25) is 9.59 Å². The number of fused-ring (bicyclic) bond motifs is 1. The number of Topliss-reactive ketones (excluding diaryl/α,β-unsaturated/α-hetero) is 1. The number of ether oxygens (including phenoxy) is 1. The van der Waals surface area contributed by atoms with Crippen LogP contribution in [0.4, 0.5) is 5.69 Å². The number of ketones is 1. The standard InChI is InChI=1S/C19H16BrNO4/c1-2-25-18(24)19(20)16(22)14-10-6-7-11-15(14)21(17(19)23)12-13-8-4-3-5-9-13/h3-11H,2,12H2,1H3. The summed E-state index contributed by atoms with van der Waals surface area (Å²) in [5.41, 5.74) is 1.68. The Bertz CT molecular complexity index is 836. The summed E-state index contributed by atoms with van der Waals surface area (Å²) in [6.45, 7) is 1.95. The Hall–Kier alpha value is -2.47. The summed E-state index contributed by atoms with van der Waals surface area (Å²) in [5.74, 6) is -2.13. The molecule has 1 amide bonds. The van der Waals surface area contributed by atoms with Gasteiger partial charge in [-0.25, -0.2) is 4.79 Å². The minimum atomic E-state index is -2.05. The van der Waals surface area contributed by atoms with Crippen molar-refractivity contribution in [2.24, 2.45) is 0 Å². The predicted molar refractivity (Wildman–Crippen MR) is 96.7 cm³/mol. The number of para-hydroxylation sites is 1. The maximum absolute atomic E-state index is 13.1. The van der Waals surface area contributed by atoms with E-state index >= 15 is 0 Å². The van der Waals surface area contributed by atoms with E-state index in [0.29, 0.717) is 11.3 Å². The topological polar surface area (TPSA) is 63.7 Å². The quantitative estimate of drug-likeness (QED) is 0.448. The molecule has 0 bridgehead atoms. The second-order valence-electron chi connectivity index (χ2n) is 5.60. The zero-order valence-electron chi connectivity index (χ0n) is 13.6. The smallest absolute Gasteiger partial charge is 0.340 e. The molecule has 1 unspecified atom stereocenters. The van der Waals surface area contributed by atoms with E-state index in [9.17, 15) is 14.4 Å². The molecule has 0 radical (unpaired) electrons. The van der Waals surface area contributed by atoms with Gasteiger partial charge in [0.15, 0.2) is 0 Å². The number of benzene rings is 2. The lowest BCUT2D eigenvalue weighted by Crippen LogP contribution is -2.59. The van der Waals surface area contributed by atoms with Crippen LogP contribution in [0.2, 0.25) is 0 Å². The summed E-state index contributed by atoms with van der Waals surface area (Å²) < 4.78 is 2.94. The first-order valence-electron chi connectivity index (χ1n) is 7.86. The minimum Gasteiger partial charge on any atom is -0.464 e. The average Bonchev–Trinajstić information content (AvgIpc) is 2.64. The molecule has 0 N–H and O–H groups in total. The molecule has 0 spiro atoms. The first kappa shape index (κ1) is 17.4. The summed E-state index contributed by atoms with van der Waals surface area (Å²) >= 11 is 3.10. The second kappa shape index (κ2) is 6.80. The van der Waals surface area contributed by atoms with Gasteiger partial charge in [-0.1, -0.05) is 58.4 Å². The highest BCUT2D eigenvalue weighted by atomic mass is 79.9. The van der Waals surface area contributed by atoms with Crippen LogP contribution in [0.1, 0.15) is 22.8 Å². The predicted octanol–water partition coefficient (Wildman–Crippen LogP) is 3.11. The Balaban J connectivity index is 2.10. The van der Waals surface area contributed by atoms with Crippen LogP contribution in [0.15, 0.2) is 54.6 Å². The van der Waals surface area contributed by atoms with Crippen LogP contribution in [0.5, 0.6) is 0 Å². The normalized spacial score (nSPS) is 19.5. The van der Waals surface area contributed by atoms with Gasteiger partial charge in [0.25, 0.3) is 10.2 Å². The molecule has 3 rings (SSSR count). The third-order valence-corrected chi connectivity index (χ3v) is 5.06. The summed E-state index contributed by atoms with van der Waals surface area (Å²) in [6.07, 6.45) is 0. The zero-order valence-corrected chi connectivity index (χ0v) is 15.2. The number of hydrogen-bond acceptors (Lipinski definition) is 4. The van der Waals surface area contributed by atoms with Crippen molar-refractivity contribution >= 4 is 39.3 Å². The van der Waals surface area contributed by atoms with E-state index in [0.717, 1.165) is 5.56 Å². The van der Waals surface area contributed by atoms with Crippen molar-refractivity contribution < 1.29 is 19.1 Å². The molecule has 0 fully saturated rings. The lowest BCUT2D eigenvalue weighted by molar-refractivity contribution is -0.147. The van der Waals surface area contributed by atoms with Gasteiger partial charge in [0.05, 0.1) is 18.8 Å². The monoisotopic (exact) mass is 401 g/mol. The molecule has 1 atom stereocenters. The number of esters is 1. The number of halogens is 1. The van der Waals surface area contributed by atoms with E-state index in [2.05, 4.69) is 15.9 Å². The van der Waals surface area contributed by atoms with Crippen molar-refractivity contribution in [3.63, 3.8) is 0 Å². The molecule has 5 nitrogen and oxygen atoms in total. The molecular weight excluding hydrogens is 386 g/mol. The largest absolute Gasteiger partial charge is 0.464 e. The van der Waals surface area contributed by atoms with Gasteiger partial charge in [0, 0.05) is 5.56 Å². The van der Waals surface area contributed by atoms with E-state index in [1.165, 1.54) is 4.90 Å². The van der Waals surface area contributed by atoms with Gasteiger partial charge in [-0.05, 0) is 24.6 Å². The van der Waals surface area contributed by atoms with E-state index in [4.69, 9.17) is 4.74 Å². The van der Waals surface area contributed by atoms with Crippen LogP contribution in [0, 0.1) is 0 Å². The third kappa shape index (κ3) is 2.87. The first-order valence-corrected chi connectivity index (χ1v) is 8.65. The van der Waals surface area contributed by atoms with Crippen LogP contribution in [-0.2, 0) is 20.9 Å². The number of carbonyl (C=O) groups excluding carboxylic acids is 3. The van der Waals surface area contributed by atoms with Crippen LogP contribution >= 0.6 is 15.9 Å². The molecule has 1 heterocycles. The molecule has 0 saturated heterocycles. The van der Waals surface area contributed by atoms with E-state index in [1.54, 1.807) is 31.2 Å². The lowest BCUT2D eigenvalue weighted by Gasteiger charge is -2.36. The maximum atomic E-state index is 13.1. The fraction of sp³-hybridized carbons (Fsp3) is 0.211. The molecule has 0 saturated carbocycles. The van der Waals surface area contributed by atoms with Crippen molar-refractivity contribution in [3.8, 4) is 0 Å². The fourth-order valence-electron chi connectivity index (χ4n) is 2.81. The highest BCUT2D eigenvalue weighted by molar-refractivity contribution is 9.11. The zero-order chi connectivity index (χ0) is 18.0. The van der Waals surface area contributed by atoms with Crippen LogP contribution < -0.4 is 4.90 Å². The summed E-state index contributed by atoms with van der Waals surface area (Å²) in [6, 6.07) is 16.1. The Morgan fingerprint density at radius 1 is 1.08 bits per heavy atom. The molecular formula is C19H16BrNO4. The Morgan fingerprint density at radius 2 is 1.72 bits per heavy atom. The van der Waals surface area contributed by atoms with E-state index in [1.807, 2.05) is 30.3 Å². The Kier molecular flexibility index (Phi) is 4.72. The fourth-order valence-corrected chi connectivity index (χ4v) is 3.35. The SMILES string of the molecule is CCOC(=O)C1(Br)C(=O)c2ccccc2N(Cc2ccccc2)C1=O. The highest BCUT2D eigenvalue weighted by Crippen LogP contribution is 2.39. The van der Waals surface area contributed by atoms with Gasteiger partial charge in [0.2, 0.25) is 5.78 Å². The molecule has 6 heteroatoms. The molecule has 0 aliphatic carbocycles. The van der Waals surface area contributed by atoms with E-state index < -0.39 is 22.0 Å². The van der Waals surface area contributed by atoms with Crippen LogP contribution in [0.3, 0.4) is 0 Å². The van der Waals surface area contributed by atoms with Crippen molar-refractivity contribution in [1.82, 2.24) is 0 Å². The average molecular weight is 402 g/mol. The number of hydrogen-bond donors (Lipinski definition) is 0. The molecule has 1 aliphatic rings. The summed E-state index contributed by atoms with van der Waals surface area (Å²) in [5, 5.41) is 0.